The molecule has 0 aromatic carbocycles. The molecule has 0 fully saturated rings. The molecule has 0 aliphatic rings. The van der Waals surface area contributed by atoms with Crippen molar-refractivity contribution in [2.45, 2.75) is 375 Å². The number of unbranched alkanes of at least 4 members (excludes halogenated alkanes) is 35. The predicted octanol–water partition coefficient (Wildman–Crippen LogP) is 20.5. The largest absolute Gasteiger partial charge is 0.472 e. The Morgan fingerprint density at radius 3 is 0.681 bits per heavy atom. The normalized spacial score (nSPS) is 14.2. The smallest absolute Gasteiger partial charge is 0.462 e. The molecule has 0 heterocycles. The molecule has 540 valence electrons. The van der Waals surface area contributed by atoms with E-state index < -0.39 is 97.5 Å². The zero-order chi connectivity index (χ0) is 67.5. The van der Waals surface area contributed by atoms with E-state index >= 15 is 0 Å². The van der Waals surface area contributed by atoms with Crippen molar-refractivity contribution in [2.24, 2.45) is 23.7 Å². The molecule has 0 rings (SSSR count). The Morgan fingerprint density at radius 1 is 0.275 bits per heavy atom. The van der Waals surface area contributed by atoms with E-state index in [0.717, 1.165) is 114 Å². The number of phosphoric acid groups is 2. The van der Waals surface area contributed by atoms with Crippen LogP contribution in [0.25, 0.3) is 0 Å². The average molecular weight is 1340 g/mol. The fourth-order valence-corrected chi connectivity index (χ4v) is 12.4. The van der Waals surface area contributed by atoms with Crippen molar-refractivity contribution in [3.63, 3.8) is 0 Å². The molecule has 0 bridgehead atoms. The van der Waals surface area contributed by atoms with Crippen molar-refractivity contribution in [3.8, 4) is 0 Å². The molecule has 0 radical (unpaired) electrons. The fraction of sp³-hybridized carbons (Fsp3) is 0.944. The van der Waals surface area contributed by atoms with Crippen LogP contribution in [0.3, 0.4) is 0 Å². The predicted molar refractivity (Wildman–Crippen MR) is 367 cm³/mol. The maximum Gasteiger partial charge on any atom is 0.472 e. The highest BCUT2D eigenvalue weighted by Crippen LogP contribution is 2.45. The van der Waals surface area contributed by atoms with Crippen LogP contribution in [0, 0.1) is 23.7 Å². The van der Waals surface area contributed by atoms with E-state index in [1.165, 1.54) is 161 Å². The maximum atomic E-state index is 13.0. The quantitative estimate of drug-likeness (QED) is 0.0222. The van der Waals surface area contributed by atoms with Crippen LogP contribution in [-0.2, 0) is 65.4 Å². The third-order valence-electron chi connectivity index (χ3n) is 16.6. The van der Waals surface area contributed by atoms with E-state index in [1.807, 2.05) is 0 Å². The summed E-state index contributed by atoms with van der Waals surface area (Å²) >= 11 is 0. The van der Waals surface area contributed by atoms with Gasteiger partial charge in [-0.3, -0.25) is 37.3 Å². The lowest BCUT2D eigenvalue weighted by Gasteiger charge is -2.21. The van der Waals surface area contributed by atoms with Crippen LogP contribution in [0.2, 0.25) is 0 Å². The number of ether oxygens (including phenoxy) is 4. The minimum atomic E-state index is -4.95. The Hall–Kier alpha value is -1.94. The second-order valence-electron chi connectivity index (χ2n) is 27.9. The molecule has 3 N–H and O–H groups in total. The first-order valence-electron chi connectivity index (χ1n) is 37.2. The number of aliphatic hydroxyl groups is 1. The van der Waals surface area contributed by atoms with Gasteiger partial charge >= 0.3 is 39.5 Å². The van der Waals surface area contributed by atoms with E-state index in [-0.39, 0.29) is 25.7 Å². The zero-order valence-electron chi connectivity index (χ0n) is 59.5. The topological polar surface area (TPSA) is 237 Å². The molecular formula is C72H140O17P2. The summed E-state index contributed by atoms with van der Waals surface area (Å²) in [6.45, 7) is 14.1. The van der Waals surface area contributed by atoms with Gasteiger partial charge in [-0.1, -0.05) is 306 Å². The van der Waals surface area contributed by atoms with Crippen molar-refractivity contribution in [3.05, 3.63) is 0 Å². The zero-order valence-corrected chi connectivity index (χ0v) is 61.3. The second-order valence-corrected chi connectivity index (χ2v) is 30.8. The third-order valence-corrected chi connectivity index (χ3v) is 18.5. The fourth-order valence-electron chi connectivity index (χ4n) is 10.8. The van der Waals surface area contributed by atoms with Crippen LogP contribution < -0.4 is 0 Å². The first kappa shape index (κ1) is 89.1. The van der Waals surface area contributed by atoms with Crippen molar-refractivity contribution in [2.75, 3.05) is 39.6 Å². The lowest BCUT2D eigenvalue weighted by atomic mass is 10.0. The highest BCUT2D eigenvalue weighted by Gasteiger charge is 2.30. The van der Waals surface area contributed by atoms with E-state index in [2.05, 4.69) is 55.4 Å². The lowest BCUT2D eigenvalue weighted by Crippen LogP contribution is -2.30. The number of esters is 4. The number of carbonyl (C=O) groups excluding carboxylic acids is 4. The van der Waals surface area contributed by atoms with Crippen molar-refractivity contribution in [1.29, 1.82) is 0 Å². The molecule has 0 amide bonds. The summed E-state index contributed by atoms with van der Waals surface area (Å²) in [6.07, 6.45) is 44.5. The van der Waals surface area contributed by atoms with Crippen LogP contribution in [0.15, 0.2) is 0 Å². The molecule has 0 aromatic rings. The summed E-state index contributed by atoms with van der Waals surface area (Å²) in [4.78, 5) is 72.6. The monoisotopic (exact) mass is 1340 g/mol. The Balaban J connectivity index is 5.25. The number of aliphatic hydroxyl groups excluding tert-OH is 1. The first-order valence-corrected chi connectivity index (χ1v) is 40.2. The molecule has 19 heteroatoms. The summed E-state index contributed by atoms with van der Waals surface area (Å²) in [7, 11) is -9.91. The number of hydrogen-bond donors (Lipinski definition) is 3. The molecule has 91 heavy (non-hydrogen) atoms. The minimum Gasteiger partial charge on any atom is -0.462 e. The Labute approximate surface area is 556 Å². The molecular weight excluding hydrogens is 1200 g/mol. The summed E-state index contributed by atoms with van der Waals surface area (Å²) < 4.78 is 68.3. The molecule has 5 atom stereocenters. The van der Waals surface area contributed by atoms with E-state index in [9.17, 15) is 43.2 Å². The number of phosphoric ester groups is 2. The minimum absolute atomic E-state index is 0.103. The van der Waals surface area contributed by atoms with E-state index in [4.69, 9.17) is 37.0 Å². The number of rotatable bonds is 69. The van der Waals surface area contributed by atoms with Gasteiger partial charge in [-0.2, -0.15) is 0 Å². The van der Waals surface area contributed by atoms with Gasteiger partial charge in [0, 0.05) is 25.7 Å². The van der Waals surface area contributed by atoms with Gasteiger partial charge in [-0.15, -0.1) is 0 Å². The van der Waals surface area contributed by atoms with Gasteiger partial charge in [-0.05, 0) is 49.4 Å². The van der Waals surface area contributed by atoms with Gasteiger partial charge in [0.2, 0.25) is 0 Å². The lowest BCUT2D eigenvalue weighted by molar-refractivity contribution is -0.161. The van der Waals surface area contributed by atoms with Crippen LogP contribution in [0.1, 0.15) is 357 Å². The van der Waals surface area contributed by atoms with Gasteiger partial charge in [0.25, 0.3) is 0 Å². The maximum absolute atomic E-state index is 13.0. The van der Waals surface area contributed by atoms with E-state index in [0.29, 0.717) is 25.7 Å². The standard InChI is InChI=1S/C72H140O17P2/c1-62(2)48-40-32-24-16-13-11-9-10-12-14-18-30-38-46-54-71(76)88-67(58-82-69(74)52-44-36-28-19-15-17-25-33-41-49-63(3)4)60-86-90(78,79)84-56-66(73)57-85-91(80,81)87-61-68(89-72(77)55-47-39-31-23-21-27-35-43-51-65(7)8)59-83-70(75)53-45-37-29-22-20-26-34-42-50-64(5)6/h62-68,73H,9-61H2,1-8H3,(H,78,79)(H,80,81)/t66?,67-,68-/m1/s1. The van der Waals surface area contributed by atoms with E-state index in [1.54, 1.807) is 0 Å². The van der Waals surface area contributed by atoms with Gasteiger partial charge in [0.15, 0.2) is 12.2 Å². The number of carbonyl (C=O) groups is 4. The molecule has 0 saturated heterocycles. The van der Waals surface area contributed by atoms with Gasteiger partial charge in [0.05, 0.1) is 26.4 Å². The molecule has 0 aliphatic carbocycles. The van der Waals surface area contributed by atoms with Crippen LogP contribution in [-0.4, -0.2) is 96.7 Å². The first-order chi connectivity index (χ1) is 43.6. The molecule has 0 aromatic heterocycles. The van der Waals surface area contributed by atoms with Gasteiger partial charge in [0.1, 0.15) is 19.3 Å². The van der Waals surface area contributed by atoms with Crippen LogP contribution >= 0.6 is 15.6 Å². The third kappa shape index (κ3) is 66.5. The Bertz CT molecular complexity index is 1800. The van der Waals surface area contributed by atoms with Crippen LogP contribution in [0.5, 0.6) is 0 Å². The Kier molecular flexibility index (Phi) is 60.3. The second kappa shape index (κ2) is 61.6. The van der Waals surface area contributed by atoms with Crippen molar-refractivity contribution >= 4 is 39.5 Å². The van der Waals surface area contributed by atoms with Crippen LogP contribution in [0.4, 0.5) is 0 Å². The average Bonchev–Trinajstić information content (AvgIpc) is 2.62. The molecule has 0 aliphatic heterocycles. The number of hydrogen-bond acceptors (Lipinski definition) is 15. The summed E-state index contributed by atoms with van der Waals surface area (Å²) in [6, 6.07) is 0. The van der Waals surface area contributed by atoms with Crippen molar-refractivity contribution < 1.29 is 80.2 Å². The highest BCUT2D eigenvalue weighted by atomic mass is 31.2. The summed E-state index contributed by atoms with van der Waals surface area (Å²) in [5, 5.41) is 10.6. The summed E-state index contributed by atoms with van der Waals surface area (Å²) in [5.41, 5.74) is 0. The molecule has 3 unspecified atom stereocenters. The highest BCUT2D eigenvalue weighted by molar-refractivity contribution is 7.47. The van der Waals surface area contributed by atoms with Gasteiger partial charge < -0.3 is 33.8 Å². The summed E-state index contributed by atoms with van der Waals surface area (Å²) in [5.74, 6) is 0.855. The molecule has 17 nitrogen and oxygen atoms in total. The Morgan fingerprint density at radius 2 is 0.462 bits per heavy atom. The molecule has 0 spiro atoms. The van der Waals surface area contributed by atoms with Crippen molar-refractivity contribution in [1.82, 2.24) is 0 Å². The van der Waals surface area contributed by atoms with Gasteiger partial charge in [-0.25, -0.2) is 9.13 Å². The SMILES string of the molecule is CC(C)CCCCCCCCCCCCCCCCC(=O)O[C@H](COC(=O)CCCCCCCCCCCC(C)C)COP(=O)(O)OCC(O)COP(=O)(O)OC[C@@H](COC(=O)CCCCCCCCCCC(C)C)OC(=O)CCCCCCCCCCC(C)C. The molecule has 0 saturated carbocycles.